The fourth-order valence-electron chi connectivity index (χ4n) is 3.94. The minimum absolute atomic E-state index is 0.108. The molecule has 8 heteroatoms. The number of carbonyl (C=O) groups excluding carboxylic acids is 2. The first-order valence-electron chi connectivity index (χ1n) is 11.4. The molecule has 0 saturated carbocycles. The lowest BCUT2D eigenvalue weighted by Crippen LogP contribution is -2.39. The third kappa shape index (κ3) is 5.82. The first-order valence-corrected chi connectivity index (χ1v) is 12.2. The van der Waals surface area contributed by atoms with Gasteiger partial charge in [-0.2, -0.15) is 0 Å². The van der Waals surface area contributed by atoms with E-state index in [-0.39, 0.29) is 18.1 Å². The van der Waals surface area contributed by atoms with Crippen LogP contribution in [0.5, 0.6) is 0 Å². The molecule has 2 heterocycles. The number of ether oxygens (including phenoxy) is 1. The second-order valence-electron chi connectivity index (χ2n) is 9.39. The highest BCUT2D eigenvalue weighted by molar-refractivity contribution is 8.16. The molecule has 1 amide bonds. The van der Waals surface area contributed by atoms with E-state index in [2.05, 4.69) is 10.3 Å². The quantitative estimate of drug-likeness (QED) is 0.542. The van der Waals surface area contributed by atoms with Gasteiger partial charge < -0.3 is 15.0 Å². The fourth-order valence-corrected chi connectivity index (χ4v) is 4.91. The van der Waals surface area contributed by atoms with Gasteiger partial charge in [-0.3, -0.25) is 4.79 Å². The summed E-state index contributed by atoms with van der Waals surface area (Å²) in [6.45, 7) is 7.60. The largest absolute Gasteiger partial charge is 0.456 e. The van der Waals surface area contributed by atoms with Crippen molar-refractivity contribution in [2.24, 2.45) is 4.99 Å². The van der Waals surface area contributed by atoms with Crippen LogP contribution in [0.25, 0.3) is 0 Å². The van der Waals surface area contributed by atoms with Crippen molar-refractivity contribution in [2.75, 3.05) is 0 Å². The van der Waals surface area contributed by atoms with Crippen molar-refractivity contribution < 1.29 is 18.7 Å². The summed E-state index contributed by atoms with van der Waals surface area (Å²) in [6.07, 6.45) is 0.108. The summed E-state index contributed by atoms with van der Waals surface area (Å²) < 4.78 is 18.9. The van der Waals surface area contributed by atoms with Crippen molar-refractivity contribution in [2.45, 2.75) is 52.3 Å². The number of esters is 1. The average molecular weight is 494 g/mol. The van der Waals surface area contributed by atoms with E-state index in [1.807, 2.05) is 68.3 Å². The molecule has 35 heavy (non-hydrogen) atoms. The smallest absolute Gasteiger partial charge is 0.338 e. The van der Waals surface area contributed by atoms with Crippen LogP contribution in [-0.2, 0) is 20.9 Å². The summed E-state index contributed by atoms with van der Waals surface area (Å²) in [7, 11) is 0. The molecule has 2 aromatic rings. The van der Waals surface area contributed by atoms with Crippen molar-refractivity contribution in [1.82, 2.24) is 10.2 Å². The summed E-state index contributed by atoms with van der Waals surface area (Å²) in [6, 6.07) is 15.2. The topological polar surface area (TPSA) is 71.0 Å². The summed E-state index contributed by atoms with van der Waals surface area (Å²) in [4.78, 5) is 32.7. The van der Waals surface area contributed by atoms with E-state index in [9.17, 15) is 14.0 Å². The highest BCUT2D eigenvalue weighted by Crippen LogP contribution is 2.45. The van der Waals surface area contributed by atoms with E-state index >= 15 is 0 Å². The third-order valence-corrected chi connectivity index (χ3v) is 6.37. The maximum absolute atomic E-state index is 13.3. The van der Waals surface area contributed by atoms with Gasteiger partial charge >= 0.3 is 5.97 Å². The predicted molar refractivity (Wildman–Crippen MR) is 136 cm³/mol. The van der Waals surface area contributed by atoms with Gasteiger partial charge in [0.2, 0.25) is 5.91 Å². The van der Waals surface area contributed by atoms with Crippen LogP contribution < -0.4 is 5.32 Å². The number of thioether (sulfide) groups is 1. The van der Waals surface area contributed by atoms with Gasteiger partial charge in [0.05, 0.1) is 23.7 Å². The number of allylic oxidation sites excluding steroid dienone is 1. The second kappa shape index (κ2) is 10.1. The molecule has 182 valence electrons. The average Bonchev–Trinajstić information content (AvgIpc) is 3.19. The molecule has 0 fully saturated rings. The SMILES string of the molecule is CC1=C(C(=O)OC(C)(C)C)C(c2ccccc2)N2C(CC(=O)NCc3ccc(F)cc3)=CSC2=N1. The van der Waals surface area contributed by atoms with Crippen molar-refractivity contribution in [1.29, 1.82) is 0 Å². The number of amides is 1. The van der Waals surface area contributed by atoms with E-state index in [4.69, 9.17) is 4.74 Å². The van der Waals surface area contributed by atoms with Crippen molar-refractivity contribution in [3.05, 3.63) is 93.9 Å². The van der Waals surface area contributed by atoms with Crippen LogP contribution in [0.1, 0.15) is 51.3 Å². The first-order chi connectivity index (χ1) is 16.6. The Morgan fingerprint density at radius 2 is 1.80 bits per heavy atom. The molecule has 1 N–H and O–H groups in total. The monoisotopic (exact) mass is 493 g/mol. The van der Waals surface area contributed by atoms with Gasteiger partial charge in [-0.15, -0.1) is 0 Å². The van der Waals surface area contributed by atoms with Crippen LogP contribution in [0, 0.1) is 5.82 Å². The Kier molecular flexibility index (Phi) is 7.12. The van der Waals surface area contributed by atoms with E-state index in [1.165, 1.54) is 23.9 Å². The lowest BCUT2D eigenvalue weighted by atomic mass is 9.93. The highest BCUT2D eigenvalue weighted by Gasteiger charge is 2.41. The number of halogens is 1. The summed E-state index contributed by atoms with van der Waals surface area (Å²) >= 11 is 1.43. The molecule has 0 aromatic heterocycles. The van der Waals surface area contributed by atoms with Gasteiger partial charge in [0.25, 0.3) is 0 Å². The minimum Gasteiger partial charge on any atom is -0.456 e. The zero-order valence-electron chi connectivity index (χ0n) is 20.2. The Morgan fingerprint density at radius 1 is 1.11 bits per heavy atom. The Hall–Kier alpha value is -3.39. The summed E-state index contributed by atoms with van der Waals surface area (Å²) in [5.74, 6) is -0.927. The molecular formula is C27H28FN3O3S. The zero-order valence-corrected chi connectivity index (χ0v) is 21.0. The van der Waals surface area contributed by atoms with Gasteiger partial charge in [-0.25, -0.2) is 14.2 Å². The molecule has 0 radical (unpaired) electrons. The number of rotatable bonds is 6. The van der Waals surface area contributed by atoms with Crippen LogP contribution in [0.2, 0.25) is 0 Å². The summed E-state index contributed by atoms with van der Waals surface area (Å²) in [5, 5.41) is 5.50. The van der Waals surface area contributed by atoms with E-state index in [0.29, 0.717) is 23.0 Å². The molecule has 1 unspecified atom stereocenters. The number of hydrogen-bond acceptors (Lipinski definition) is 6. The number of nitrogens with zero attached hydrogens (tertiary/aromatic N) is 2. The second-order valence-corrected chi connectivity index (χ2v) is 10.2. The van der Waals surface area contributed by atoms with Crippen molar-refractivity contribution in [3.8, 4) is 0 Å². The minimum atomic E-state index is -0.658. The lowest BCUT2D eigenvalue weighted by Gasteiger charge is -2.37. The zero-order chi connectivity index (χ0) is 25.2. The maximum Gasteiger partial charge on any atom is 0.338 e. The normalized spacial score (nSPS) is 17.5. The van der Waals surface area contributed by atoms with Gasteiger partial charge in [0.15, 0.2) is 5.17 Å². The lowest BCUT2D eigenvalue weighted by molar-refractivity contribution is -0.150. The van der Waals surface area contributed by atoms with E-state index < -0.39 is 17.6 Å². The highest BCUT2D eigenvalue weighted by atomic mass is 32.2. The molecule has 2 aliphatic heterocycles. The van der Waals surface area contributed by atoms with Gasteiger partial charge in [-0.1, -0.05) is 54.2 Å². The summed E-state index contributed by atoms with van der Waals surface area (Å²) in [5.41, 5.74) is 2.85. The molecule has 2 aromatic carbocycles. The van der Waals surface area contributed by atoms with Crippen molar-refractivity contribution in [3.63, 3.8) is 0 Å². The molecule has 0 saturated heterocycles. The predicted octanol–water partition coefficient (Wildman–Crippen LogP) is 5.45. The Morgan fingerprint density at radius 3 is 2.46 bits per heavy atom. The molecule has 0 spiro atoms. The van der Waals surface area contributed by atoms with Gasteiger partial charge in [0, 0.05) is 12.2 Å². The maximum atomic E-state index is 13.3. The Labute approximate surface area is 209 Å². The number of fused-ring (bicyclic) bond motifs is 1. The van der Waals surface area contributed by atoms with Crippen LogP contribution in [-0.4, -0.2) is 27.5 Å². The Balaban J connectivity index is 1.59. The number of hydrogen-bond donors (Lipinski definition) is 1. The number of amidine groups is 1. The van der Waals surface area contributed by atoms with Crippen molar-refractivity contribution >= 4 is 28.8 Å². The van der Waals surface area contributed by atoms with E-state index in [0.717, 1.165) is 16.8 Å². The fraction of sp³-hybridized carbons (Fsp3) is 0.296. The number of carbonyl (C=O) groups is 2. The number of benzene rings is 2. The molecule has 2 aliphatic rings. The van der Waals surface area contributed by atoms with Crippen LogP contribution in [0.15, 0.2) is 82.0 Å². The van der Waals surface area contributed by atoms with Crippen LogP contribution >= 0.6 is 11.8 Å². The molecule has 4 rings (SSSR count). The number of nitrogens with one attached hydrogen (secondary N) is 1. The van der Waals surface area contributed by atoms with Crippen LogP contribution in [0.3, 0.4) is 0 Å². The first kappa shape index (κ1) is 24.7. The molecule has 6 nitrogen and oxygen atoms in total. The number of aliphatic imine (C=N–C) groups is 1. The van der Waals surface area contributed by atoms with Gasteiger partial charge in [0.1, 0.15) is 11.4 Å². The van der Waals surface area contributed by atoms with Gasteiger partial charge in [-0.05, 0) is 56.4 Å². The molecule has 1 atom stereocenters. The third-order valence-electron chi connectivity index (χ3n) is 5.48. The molecular weight excluding hydrogens is 465 g/mol. The molecule has 0 aliphatic carbocycles. The van der Waals surface area contributed by atoms with E-state index in [1.54, 1.807) is 12.1 Å². The molecule has 0 bridgehead atoms. The Bertz CT molecular complexity index is 1210. The van der Waals surface area contributed by atoms with Crippen LogP contribution in [0.4, 0.5) is 4.39 Å². The standard InChI is InChI=1S/C27H28FN3O3S/c1-17-23(25(33)34-27(2,3)4)24(19-8-6-5-7-9-19)31-21(16-35-26(31)30-17)14-22(32)29-15-18-10-12-20(28)13-11-18/h5-13,16,24H,14-15H2,1-4H3,(H,29,32).